The van der Waals surface area contributed by atoms with Crippen molar-refractivity contribution in [3.63, 3.8) is 0 Å². The van der Waals surface area contributed by atoms with E-state index in [9.17, 15) is 4.79 Å². The number of carbonyl (C=O) groups excluding carboxylic acids is 1. The Morgan fingerprint density at radius 3 is 2.64 bits per heavy atom. The van der Waals surface area contributed by atoms with Crippen LogP contribution >= 0.6 is 0 Å². The fourth-order valence-electron chi connectivity index (χ4n) is 6.37. The Morgan fingerprint density at radius 2 is 1.96 bits per heavy atom. The number of piperidine rings is 1. The summed E-state index contributed by atoms with van der Waals surface area (Å²) in [7, 11) is 3.63. The van der Waals surface area contributed by atoms with Gasteiger partial charge in [-0.2, -0.15) is 0 Å². The lowest BCUT2D eigenvalue weighted by Gasteiger charge is -2.41. The smallest absolute Gasteiger partial charge is 0.317 e. The minimum atomic E-state index is 0.0126. The van der Waals surface area contributed by atoms with Crippen LogP contribution in [0.1, 0.15) is 49.3 Å². The van der Waals surface area contributed by atoms with E-state index in [2.05, 4.69) is 46.6 Å². The van der Waals surface area contributed by atoms with E-state index < -0.39 is 0 Å². The molecule has 2 amide bonds. The Bertz CT molecular complexity index is 778. The maximum absolute atomic E-state index is 12.3. The fraction of sp³-hybridized carbons (Fsp3) is 0.625. The summed E-state index contributed by atoms with van der Waals surface area (Å²) >= 11 is 0. The van der Waals surface area contributed by atoms with Gasteiger partial charge in [-0.3, -0.25) is 0 Å². The van der Waals surface area contributed by atoms with E-state index in [0.29, 0.717) is 0 Å². The molecule has 1 unspecified atom stereocenters. The fourth-order valence-corrected chi connectivity index (χ4v) is 6.37. The molecule has 5 rings (SSSR count). The van der Waals surface area contributed by atoms with Crippen LogP contribution in [0.25, 0.3) is 0 Å². The van der Waals surface area contributed by atoms with Crippen LogP contribution in [0.15, 0.2) is 36.4 Å². The van der Waals surface area contributed by atoms with Gasteiger partial charge in [0.1, 0.15) is 0 Å². The van der Waals surface area contributed by atoms with Gasteiger partial charge in [0, 0.05) is 26.1 Å². The lowest BCUT2D eigenvalue weighted by Crippen LogP contribution is -2.44. The van der Waals surface area contributed by atoms with Crippen molar-refractivity contribution in [1.29, 1.82) is 0 Å². The Labute approximate surface area is 169 Å². The van der Waals surface area contributed by atoms with E-state index in [1.165, 1.54) is 56.4 Å². The van der Waals surface area contributed by atoms with Crippen LogP contribution in [0.4, 0.5) is 4.79 Å². The topological polar surface area (TPSA) is 35.6 Å². The van der Waals surface area contributed by atoms with E-state index in [4.69, 9.17) is 0 Å². The van der Waals surface area contributed by atoms with Crippen LogP contribution < -0.4 is 5.32 Å². The highest BCUT2D eigenvalue weighted by Gasteiger charge is 2.46. The second-order valence-electron chi connectivity index (χ2n) is 9.81. The molecule has 4 atom stereocenters. The molecular formula is C24H33N3O. The van der Waals surface area contributed by atoms with Crippen LogP contribution in [0.2, 0.25) is 0 Å². The molecule has 28 heavy (non-hydrogen) atoms. The molecule has 2 fully saturated rings. The highest BCUT2D eigenvalue weighted by molar-refractivity contribution is 5.74. The first-order valence-corrected chi connectivity index (χ1v) is 11.0. The van der Waals surface area contributed by atoms with E-state index in [1.54, 1.807) is 4.90 Å². The van der Waals surface area contributed by atoms with Crippen molar-refractivity contribution in [3.8, 4) is 0 Å². The summed E-state index contributed by atoms with van der Waals surface area (Å²) in [6.07, 6.45) is 11.2. The van der Waals surface area contributed by atoms with Crippen LogP contribution in [0.3, 0.4) is 0 Å². The van der Waals surface area contributed by atoms with Crippen molar-refractivity contribution in [3.05, 3.63) is 47.5 Å². The summed E-state index contributed by atoms with van der Waals surface area (Å²) in [5.41, 5.74) is 3.07. The maximum Gasteiger partial charge on any atom is 0.317 e. The van der Waals surface area contributed by atoms with Gasteiger partial charge in [-0.25, -0.2) is 4.79 Å². The summed E-state index contributed by atoms with van der Waals surface area (Å²) in [5.74, 6) is 2.60. The molecular weight excluding hydrogens is 346 g/mol. The van der Waals surface area contributed by atoms with Crippen LogP contribution in [-0.2, 0) is 5.41 Å². The molecule has 2 bridgehead atoms. The molecule has 4 nitrogen and oxygen atoms in total. The largest absolute Gasteiger partial charge is 0.331 e. The molecule has 0 aromatic heterocycles. The second kappa shape index (κ2) is 6.91. The third-order valence-electron chi connectivity index (χ3n) is 7.93. The number of benzene rings is 1. The predicted octanol–water partition coefficient (Wildman–Crippen LogP) is 3.95. The van der Waals surface area contributed by atoms with Crippen LogP contribution in [-0.4, -0.2) is 49.6 Å². The molecule has 1 aliphatic heterocycles. The molecule has 1 heterocycles. The zero-order chi connectivity index (χ0) is 19.3. The number of rotatable bonds is 3. The normalized spacial score (nSPS) is 32.6. The van der Waals surface area contributed by atoms with E-state index in [1.807, 2.05) is 14.1 Å². The highest BCUT2D eigenvalue weighted by Crippen LogP contribution is 2.51. The maximum atomic E-state index is 12.3. The Morgan fingerprint density at radius 1 is 1.18 bits per heavy atom. The third kappa shape index (κ3) is 3.06. The zero-order valence-electron chi connectivity index (χ0n) is 17.2. The molecule has 1 aromatic rings. The Kier molecular flexibility index (Phi) is 4.50. The number of likely N-dealkylation sites (tertiary alicyclic amines) is 1. The number of allylic oxidation sites excluding steroid dienone is 2. The van der Waals surface area contributed by atoms with Crippen molar-refractivity contribution in [2.45, 2.75) is 43.6 Å². The van der Waals surface area contributed by atoms with Crippen molar-refractivity contribution < 1.29 is 4.79 Å². The first-order chi connectivity index (χ1) is 13.5. The predicted molar refractivity (Wildman–Crippen MR) is 112 cm³/mol. The minimum Gasteiger partial charge on any atom is -0.331 e. The molecule has 1 saturated heterocycles. The summed E-state index contributed by atoms with van der Waals surface area (Å²) in [6.45, 7) is 3.67. The summed E-state index contributed by atoms with van der Waals surface area (Å²) in [5, 5.41) is 3.26. The molecule has 150 valence electrons. The molecule has 1 N–H and O–H groups in total. The van der Waals surface area contributed by atoms with Gasteiger partial charge in [-0.05, 0) is 74.1 Å². The summed E-state index contributed by atoms with van der Waals surface area (Å²) in [4.78, 5) is 16.6. The van der Waals surface area contributed by atoms with Crippen molar-refractivity contribution in [1.82, 2.24) is 15.1 Å². The first kappa shape index (κ1) is 18.2. The molecule has 4 aliphatic rings. The highest BCUT2D eigenvalue weighted by atomic mass is 16.2. The average molecular weight is 380 g/mol. The Balaban J connectivity index is 1.27. The van der Waals surface area contributed by atoms with Gasteiger partial charge < -0.3 is 15.1 Å². The van der Waals surface area contributed by atoms with Crippen LogP contribution in [0, 0.1) is 17.8 Å². The molecule has 4 heteroatoms. The lowest BCUT2D eigenvalue weighted by molar-refractivity contribution is 0.128. The number of hydrogen-bond acceptors (Lipinski definition) is 2. The first-order valence-electron chi connectivity index (χ1n) is 11.0. The minimum absolute atomic E-state index is 0.0126. The second-order valence-corrected chi connectivity index (χ2v) is 9.81. The van der Waals surface area contributed by atoms with Gasteiger partial charge in [0.25, 0.3) is 0 Å². The number of fused-ring (bicyclic) bond motifs is 4. The number of nitrogens with one attached hydrogen (secondary N) is 1. The number of hydrogen-bond donors (Lipinski definition) is 1. The van der Waals surface area contributed by atoms with Gasteiger partial charge in [0.05, 0.1) is 6.04 Å². The third-order valence-corrected chi connectivity index (χ3v) is 7.93. The summed E-state index contributed by atoms with van der Waals surface area (Å²) < 4.78 is 0. The number of nitrogens with zero attached hydrogens (tertiary/aromatic N) is 2. The van der Waals surface area contributed by atoms with Crippen LogP contribution in [0.5, 0.6) is 0 Å². The average Bonchev–Trinajstić information content (AvgIpc) is 3.39. The standard InChI is InChI=1S/C24H33N3O/c1-26(2)23(28)25-22-15-24(21-6-4-3-5-20(21)22)9-11-27(12-10-24)16-19-14-17-7-8-18(19)13-17/h3-8,17-19,22H,9-16H2,1-2H3,(H,25,28)/t17-,18?,19-,22-/m0/s1. The number of carbonyl (C=O) groups is 1. The van der Waals surface area contributed by atoms with Gasteiger partial charge >= 0.3 is 6.03 Å². The molecule has 0 radical (unpaired) electrons. The molecule has 1 aromatic carbocycles. The number of amides is 2. The van der Waals surface area contributed by atoms with E-state index in [-0.39, 0.29) is 17.5 Å². The molecule has 1 saturated carbocycles. The number of urea groups is 1. The van der Waals surface area contributed by atoms with Crippen molar-refractivity contribution in [2.24, 2.45) is 17.8 Å². The van der Waals surface area contributed by atoms with Gasteiger partial charge in [-0.1, -0.05) is 36.4 Å². The van der Waals surface area contributed by atoms with Gasteiger partial charge in [0.15, 0.2) is 0 Å². The molecule has 1 spiro atoms. The van der Waals surface area contributed by atoms with Gasteiger partial charge in [-0.15, -0.1) is 0 Å². The Hall–Kier alpha value is -1.81. The SMILES string of the molecule is CN(C)C(=O)N[C@H]1CC2(CCN(C[C@@H]3C[C@H]4C=CC3C4)CC2)c2ccccc21. The van der Waals surface area contributed by atoms with E-state index in [0.717, 1.165) is 24.2 Å². The van der Waals surface area contributed by atoms with E-state index >= 15 is 0 Å². The summed E-state index contributed by atoms with van der Waals surface area (Å²) in [6, 6.07) is 8.98. The van der Waals surface area contributed by atoms with Crippen molar-refractivity contribution >= 4 is 6.03 Å². The quantitative estimate of drug-likeness (QED) is 0.807. The van der Waals surface area contributed by atoms with Gasteiger partial charge in [0.2, 0.25) is 0 Å². The van der Waals surface area contributed by atoms with Crippen molar-refractivity contribution in [2.75, 3.05) is 33.7 Å². The monoisotopic (exact) mass is 379 g/mol. The zero-order valence-corrected chi connectivity index (χ0v) is 17.2. The molecule has 3 aliphatic carbocycles. The lowest BCUT2D eigenvalue weighted by atomic mass is 9.73.